The molecule has 9 nitrogen and oxygen atoms in total. The number of pyridine rings is 1. The summed E-state index contributed by atoms with van der Waals surface area (Å²) in [5.41, 5.74) is 1.74. The fraction of sp³-hybridized carbons (Fsp3) is 0.100. The van der Waals surface area contributed by atoms with Crippen LogP contribution in [0, 0.1) is 10.1 Å². The molecule has 0 radical (unpaired) electrons. The van der Waals surface area contributed by atoms with Gasteiger partial charge in [0.2, 0.25) is 0 Å². The van der Waals surface area contributed by atoms with E-state index in [0.717, 1.165) is 4.47 Å². The first kappa shape index (κ1) is 20.9. The zero-order valence-corrected chi connectivity index (χ0v) is 18.4. The first-order chi connectivity index (χ1) is 15.0. The molecule has 0 aliphatic heterocycles. The molecule has 4 rings (SSSR count). The Morgan fingerprint density at radius 3 is 2.68 bits per heavy atom. The standard InChI is InChI=1S/C20H15BrN6O3S/c1-2-9-25-19(13-3-6-16(7-4-13)27(29)30)23-24-20(25)31-12-15-10-18(28)26-11-14(21)5-8-17(26)22-15/h2-8,10-11H,1,9,12H2. The summed E-state index contributed by atoms with van der Waals surface area (Å²) in [6, 6.07) is 11.2. The second-order valence-corrected chi connectivity index (χ2v) is 8.32. The Bertz CT molecular complexity index is 1350. The van der Waals surface area contributed by atoms with Gasteiger partial charge < -0.3 is 0 Å². The summed E-state index contributed by atoms with van der Waals surface area (Å²) in [5, 5.41) is 20.0. The topological polar surface area (TPSA) is 108 Å². The van der Waals surface area contributed by atoms with Gasteiger partial charge in [-0.25, -0.2) is 4.98 Å². The van der Waals surface area contributed by atoms with Crippen LogP contribution in [0.15, 0.2) is 75.7 Å². The molecule has 4 aromatic rings. The van der Waals surface area contributed by atoms with Gasteiger partial charge in [-0.15, -0.1) is 16.8 Å². The van der Waals surface area contributed by atoms with Gasteiger partial charge in [-0.2, -0.15) is 0 Å². The first-order valence-electron chi connectivity index (χ1n) is 9.06. The van der Waals surface area contributed by atoms with Gasteiger partial charge in [0.15, 0.2) is 11.0 Å². The lowest BCUT2D eigenvalue weighted by atomic mass is 10.2. The molecular formula is C20H15BrN6O3S. The van der Waals surface area contributed by atoms with Crippen LogP contribution in [0.3, 0.4) is 0 Å². The highest BCUT2D eigenvalue weighted by Crippen LogP contribution is 2.27. The van der Waals surface area contributed by atoms with Crippen molar-refractivity contribution in [3.8, 4) is 11.4 Å². The molecule has 1 aromatic carbocycles. The Morgan fingerprint density at radius 1 is 1.19 bits per heavy atom. The molecule has 3 heterocycles. The van der Waals surface area contributed by atoms with Gasteiger partial charge in [0.1, 0.15) is 5.65 Å². The van der Waals surface area contributed by atoms with Gasteiger partial charge >= 0.3 is 0 Å². The minimum absolute atomic E-state index is 0.00818. The minimum Gasteiger partial charge on any atom is -0.298 e. The smallest absolute Gasteiger partial charge is 0.269 e. The summed E-state index contributed by atoms with van der Waals surface area (Å²) in [4.78, 5) is 27.4. The predicted molar refractivity (Wildman–Crippen MR) is 121 cm³/mol. The van der Waals surface area contributed by atoms with E-state index < -0.39 is 4.92 Å². The minimum atomic E-state index is -0.447. The zero-order chi connectivity index (χ0) is 22.0. The molecule has 11 heteroatoms. The van der Waals surface area contributed by atoms with Crippen molar-refractivity contribution in [3.63, 3.8) is 0 Å². The number of thioether (sulfide) groups is 1. The summed E-state index contributed by atoms with van der Waals surface area (Å²) >= 11 is 4.75. The predicted octanol–water partition coefficient (Wildman–Crippen LogP) is 4.10. The summed E-state index contributed by atoms with van der Waals surface area (Å²) in [7, 11) is 0. The number of halogens is 1. The molecule has 0 aliphatic carbocycles. The molecule has 0 atom stereocenters. The van der Waals surface area contributed by atoms with Crippen molar-refractivity contribution in [2.45, 2.75) is 17.5 Å². The average Bonchev–Trinajstić information content (AvgIpc) is 3.15. The van der Waals surface area contributed by atoms with Crippen LogP contribution < -0.4 is 5.56 Å². The van der Waals surface area contributed by atoms with Crippen molar-refractivity contribution in [3.05, 3.63) is 92.0 Å². The normalized spacial score (nSPS) is 11.0. The molecule has 0 unspecified atom stereocenters. The van der Waals surface area contributed by atoms with E-state index in [2.05, 4.69) is 37.7 Å². The largest absolute Gasteiger partial charge is 0.298 e. The number of rotatable bonds is 7. The summed E-state index contributed by atoms with van der Waals surface area (Å²) in [6.45, 7) is 4.25. The van der Waals surface area contributed by atoms with E-state index in [1.165, 1.54) is 34.4 Å². The van der Waals surface area contributed by atoms with Crippen molar-refractivity contribution in [2.24, 2.45) is 0 Å². The summed E-state index contributed by atoms with van der Waals surface area (Å²) in [6.07, 6.45) is 3.40. The number of hydrogen-bond acceptors (Lipinski definition) is 7. The molecule has 156 valence electrons. The lowest BCUT2D eigenvalue weighted by Crippen LogP contribution is -2.15. The first-order valence-corrected chi connectivity index (χ1v) is 10.8. The Kier molecular flexibility index (Phi) is 5.96. The van der Waals surface area contributed by atoms with E-state index in [1.54, 1.807) is 30.5 Å². The SMILES string of the molecule is C=CCn1c(SCc2cc(=O)n3cc(Br)ccc3n2)nnc1-c1ccc([N+](=O)[O-])cc1. The number of nitrogens with zero attached hydrogens (tertiary/aromatic N) is 6. The highest BCUT2D eigenvalue weighted by atomic mass is 79.9. The van der Waals surface area contributed by atoms with Crippen LogP contribution >= 0.6 is 27.7 Å². The number of nitro benzene ring substituents is 1. The van der Waals surface area contributed by atoms with Crippen molar-refractivity contribution >= 4 is 39.0 Å². The third kappa shape index (κ3) is 4.42. The van der Waals surface area contributed by atoms with Crippen LogP contribution in [0.2, 0.25) is 0 Å². The van der Waals surface area contributed by atoms with Gasteiger partial charge in [0.05, 0.1) is 10.6 Å². The van der Waals surface area contributed by atoms with E-state index in [-0.39, 0.29) is 11.2 Å². The molecule has 0 saturated heterocycles. The molecule has 0 N–H and O–H groups in total. The van der Waals surface area contributed by atoms with Crippen LogP contribution in [0.5, 0.6) is 0 Å². The van der Waals surface area contributed by atoms with Crippen molar-refractivity contribution in [2.75, 3.05) is 0 Å². The van der Waals surface area contributed by atoms with Crippen LogP contribution in [0.1, 0.15) is 5.69 Å². The Morgan fingerprint density at radius 2 is 1.97 bits per heavy atom. The molecule has 0 amide bonds. The van der Waals surface area contributed by atoms with E-state index in [1.807, 2.05) is 10.6 Å². The number of hydrogen-bond donors (Lipinski definition) is 0. The lowest BCUT2D eigenvalue weighted by molar-refractivity contribution is -0.384. The fourth-order valence-electron chi connectivity index (χ4n) is 2.97. The van der Waals surface area contributed by atoms with Gasteiger partial charge in [-0.1, -0.05) is 17.8 Å². The highest BCUT2D eigenvalue weighted by Gasteiger charge is 2.15. The maximum atomic E-state index is 12.4. The van der Waals surface area contributed by atoms with Crippen LogP contribution in [-0.4, -0.2) is 29.1 Å². The van der Waals surface area contributed by atoms with Crippen LogP contribution in [-0.2, 0) is 12.3 Å². The van der Waals surface area contributed by atoms with Gasteiger partial charge in [-0.3, -0.25) is 23.9 Å². The van der Waals surface area contributed by atoms with E-state index >= 15 is 0 Å². The second-order valence-electron chi connectivity index (χ2n) is 6.46. The summed E-state index contributed by atoms with van der Waals surface area (Å²) in [5.74, 6) is 1.01. The van der Waals surface area contributed by atoms with Gasteiger partial charge in [0, 0.05) is 46.7 Å². The molecule has 0 spiro atoms. The van der Waals surface area contributed by atoms with Gasteiger partial charge in [0.25, 0.3) is 11.2 Å². The quantitative estimate of drug-likeness (QED) is 0.163. The Balaban J connectivity index is 1.61. The number of nitro groups is 1. The zero-order valence-electron chi connectivity index (χ0n) is 16.0. The average molecular weight is 499 g/mol. The van der Waals surface area contributed by atoms with Crippen molar-refractivity contribution in [1.29, 1.82) is 0 Å². The Labute approximate surface area is 188 Å². The maximum Gasteiger partial charge on any atom is 0.269 e. The molecular weight excluding hydrogens is 484 g/mol. The highest BCUT2D eigenvalue weighted by molar-refractivity contribution is 9.10. The number of allylic oxidation sites excluding steroid dienone is 1. The molecule has 0 bridgehead atoms. The molecule has 0 fully saturated rings. The number of benzene rings is 1. The van der Waals surface area contributed by atoms with E-state index in [9.17, 15) is 14.9 Å². The van der Waals surface area contributed by atoms with E-state index in [0.29, 0.717) is 40.2 Å². The lowest BCUT2D eigenvalue weighted by Gasteiger charge is -2.08. The third-order valence-electron chi connectivity index (χ3n) is 4.39. The van der Waals surface area contributed by atoms with Crippen molar-refractivity contribution < 1.29 is 4.92 Å². The monoisotopic (exact) mass is 498 g/mol. The molecule has 0 saturated carbocycles. The fourth-order valence-corrected chi connectivity index (χ4v) is 4.15. The maximum absolute atomic E-state index is 12.4. The van der Waals surface area contributed by atoms with Crippen LogP contribution in [0.25, 0.3) is 17.0 Å². The number of aromatic nitrogens is 5. The van der Waals surface area contributed by atoms with Gasteiger partial charge in [-0.05, 0) is 40.2 Å². The number of fused-ring (bicyclic) bond motifs is 1. The number of non-ortho nitro benzene ring substituents is 1. The van der Waals surface area contributed by atoms with Crippen molar-refractivity contribution in [1.82, 2.24) is 24.1 Å². The molecule has 31 heavy (non-hydrogen) atoms. The summed E-state index contributed by atoms with van der Waals surface area (Å²) < 4.78 is 4.14. The molecule has 0 aliphatic rings. The second kappa shape index (κ2) is 8.82. The van der Waals surface area contributed by atoms with E-state index in [4.69, 9.17) is 0 Å². The van der Waals surface area contributed by atoms with Crippen LogP contribution in [0.4, 0.5) is 5.69 Å². The molecule has 3 aromatic heterocycles. The third-order valence-corrected chi connectivity index (χ3v) is 5.86. The Hall–Kier alpha value is -3.31.